The number of carbonyl (C=O) groups excluding carboxylic acids is 2. The first-order valence-corrected chi connectivity index (χ1v) is 11.3. The van der Waals surface area contributed by atoms with E-state index in [-0.39, 0.29) is 18.1 Å². The van der Waals surface area contributed by atoms with E-state index in [1.54, 1.807) is 34.1 Å². The summed E-state index contributed by atoms with van der Waals surface area (Å²) >= 11 is 5.93. The number of nitrogens with zero attached hydrogens (tertiary/aromatic N) is 2. The monoisotopic (exact) mass is 471 g/mol. The lowest BCUT2D eigenvalue weighted by molar-refractivity contribution is -0.117. The average Bonchev–Trinajstić information content (AvgIpc) is 2.74. The molecular weight excluding hydrogens is 452 g/mol. The molecule has 0 atom stereocenters. The number of nitrogens with one attached hydrogen (secondary N) is 1. The lowest BCUT2D eigenvalue weighted by atomic mass is 10.2. The Bertz CT molecular complexity index is 1070. The average molecular weight is 472 g/mol. The number of hydrogen-bond acceptors (Lipinski definition) is 5. The van der Waals surface area contributed by atoms with Gasteiger partial charge in [0.2, 0.25) is 15.7 Å². The lowest BCUT2D eigenvalue weighted by Crippen LogP contribution is -2.50. The highest BCUT2D eigenvalue weighted by atomic mass is 35.5. The highest BCUT2D eigenvalue weighted by molar-refractivity contribution is 7.91. The number of alkyl halides is 2. The first kappa shape index (κ1) is 23.1. The van der Waals surface area contributed by atoms with Crippen LogP contribution in [0.3, 0.4) is 0 Å². The summed E-state index contributed by atoms with van der Waals surface area (Å²) in [6, 6.07) is 11.7. The minimum Gasteiger partial charge on any atom is -0.336 e. The summed E-state index contributed by atoms with van der Waals surface area (Å²) in [6.45, 7) is 1.58. The maximum Gasteiger partial charge on any atom is 0.341 e. The Labute approximate surface area is 183 Å². The minimum absolute atomic E-state index is 0.0672. The van der Waals surface area contributed by atoms with Crippen molar-refractivity contribution in [1.29, 1.82) is 0 Å². The van der Waals surface area contributed by atoms with Gasteiger partial charge in [-0.15, -0.1) is 0 Å². The van der Waals surface area contributed by atoms with Crippen molar-refractivity contribution in [3.63, 3.8) is 0 Å². The summed E-state index contributed by atoms with van der Waals surface area (Å²) < 4.78 is 49.4. The molecule has 0 saturated carbocycles. The van der Waals surface area contributed by atoms with Gasteiger partial charge in [0, 0.05) is 36.8 Å². The standard InChI is InChI=1S/C20H20ClF2N3O4S/c21-15-5-3-4-14(12-15)19(28)26-10-8-25(9-11-26)13-18(27)24-16-6-1-2-7-17(16)31(29,30)20(22)23/h1-7,12,20H,8-11,13H2,(H,24,27). The van der Waals surface area contributed by atoms with Crippen molar-refractivity contribution < 1.29 is 26.8 Å². The van der Waals surface area contributed by atoms with Gasteiger partial charge in [0.25, 0.3) is 5.91 Å². The van der Waals surface area contributed by atoms with Crippen LogP contribution >= 0.6 is 11.6 Å². The van der Waals surface area contributed by atoms with Crippen molar-refractivity contribution in [3.8, 4) is 0 Å². The number of rotatable bonds is 6. The SMILES string of the molecule is O=C(CN1CCN(C(=O)c2cccc(Cl)c2)CC1)Nc1ccccc1S(=O)(=O)C(F)F. The van der Waals surface area contributed by atoms with E-state index in [1.807, 2.05) is 0 Å². The summed E-state index contributed by atoms with van der Waals surface area (Å²) in [5.41, 5.74) is 0.290. The predicted octanol–water partition coefficient (Wildman–Crippen LogP) is 2.73. The Balaban J connectivity index is 1.57. The maximum atomic E-state index is 12.9. The van der Waals surface area contributed by atoms with Crippen LogP contribution in [0.5, 0.6) is 0 Å². The van der Waals surface area contributed by atoms with Crippen molar-refractivity contribution in [1.82, 2.24) is 9.80 Å². The molecule has 0 radical (unpaired) electrons. The summed E-state index contributed by atoms with van der Waals surface area (Å²) in [6.07, 6.45) is 0. The van der Waals surface area contributed by atoms with Gasteiger partial charge in [-0.25, -0.2) is 8.42 Å². The fourth-order valence-electron chi connectivity index (χ4n) is 3.22. The van der Waals surface area contributed by atoms with Crippen molar-refractivity contribution in [2.75, 3.05) is 38.0 Å². The molecule has 3 rings (SSSR count). The van der Waals surface area contributed by atoms with Gasteiger partial charge in [-0.3, -0.25) is 14.5 Å². The molecule has 166 valence electrons. The predicted molar refractivity (Wildman–Crippen MR) is 112 cm³/mol. The Morgan fingerprint density at radius 3 is 2.35 bits per heavy atom. The van der Waals surface area contributed by atoms with Crippen LogP contribution in [0, 0.1) is 0 Å². The van der Waals surface area contributed by atoms with Crippen LogP contribution in [-0.2, 0) is 14.6 Å². The molecule has 0 bridgehead atoms. The van der Waals surface area contributed by atoms with Gasteiger partial charge < -0.3 is 10.2 Å². The van der Waals surface area contributed by atoms with Gasteiger partial charge in [-0.1, -0.05) is 29.8 Å². The first-order chi connectivity index (χ1) is 14.7. The number of hydrogen-bond donors (Lipinski definition) is 1. The van der Waals surface area contributed by atoms with E-state index in [9.17, 15) is 26.8 Å². The Hall–Kier alpha value is -2.56. The molecule has 1 aliphatic heterocycles. The molecular formula is C20H20ClF2N3O4S. The van der Waals surface area contributed by atoms with Crippen molar-refractivity contribution in [3.05, 3.63) is 59.1 Å². The van der Waals surface area contributed by atoms with E-state index in [0.29, 0.717) is 36.8 Å². The molecule has 1 N–H and O–H groups in total. The van der Waals surface area contributed by atoms with Crippen LogP contribution in [0.2, 0.25) is 5.02 Å². The number of piperazine rings is 1. The zero-order valence-electron chi connectivity index (χ0n) is 16.3. The van der Waals surface area contributed by atoms with Gasteiger partial charge in [0.05, 0.1) is 17.1 Å². The van der Waals surface area contributed by atoms with Gasteiger partial charge in [0.15, 0.2) is 0 Å². The molecule has 1 heterocycles. The second-order valence-corrected chi connectivity index (χ2v) is 9.25. The number of amides is 2. The summed E-state index contributed by atoms with van der Waals surface area (Å²) in [5.74, 6) is -4.28. The molecule has 2 amide bonds. The Kier molecular flexibility index (Phi) is 7.24. The fraction of sp³-hybridized carbons (Fsp3) is 0.300. The second-order valence-electron chi connectivity index (χ2n) is 6.93. The molecule has 0 aromatic heterocycles. The topological polar surface area (TPSA) is 86.8 Å². The van der Waals surface area contributed by atoms with Gasteiger partial charge in [-0.05, 0) is 30.3 Å². The van der Waals surface area contributed by atoms with E-state index in [2.05, 4.69) is 5.32 Å². The van der Waals surface area contributed by atoms with E-state index in [1.165, 1.54) is 18.2 Å². The number of benzene rings is 2. The van der Waals surface area contributed by atoms with Crippen LogP contribution in [0.25, 0.3) is 0 Å². The molecule has 2 aromatic rings. The Morgan fingerprint density at radius 1 is 1.03 bits per heavy atom. The Morgan fingerprint density at radius 2 is 1.71 bits per heavy atom. The van der Waals surface area contributed by atoms with Gasteiger partial charge in [0.1, 0.15) is 0 Å². The van der Waals surface area contributed by atoms with Crippen LogP contribution in [-0.4, -0.2) is 68.5 Å². The lowest BCUT2D eigenvalue weighted by Gasteiger charge is -2.34. The maximum absolute atomic E-state index is 12.9. The molecule has 0 unspecified atom stereocenters. The van der Waals surface area contributed by atoms with Crippen LogP contribution in [0.1, 0.15) is 10.4 Å². The normalized spacial score (nSPS) is 15.2. The largest absolute Gasteiger partial charge is 0.341 e. The summed E-state index contributed by atoms with van der Waals surface area (Å²) in [5, 5.41) is 2.86. The highest BCUT2D eigenvalue weighted by Gasteiger charge is 2.30. The molecule has 7 nitrogen and oxygen atoms in total. The highest BCUT2D eigenvalue weighted by Crippen LogP contribution is 2.26. The first-order valence-electron chi connectivity index (χ1n) is 9.36. The third-order valence-electron chi connectivity index (χ3n) is 4.80. The molecule has 31 heavy (non-hydrogen) atoms. The molecule has 11 heteroatoms. The van der Waals surface area contributed by atoms with Crippen LogP contribution in [0.4, 0.5) is 14.5 Å². The number of halogens is 3. The van der Waals surface area contributed by atoms with Gasteiger partial charge in [-0.2, -0.15) is 8.78 Å². The zero-order valence-corrected chi connectivity index (χ0v) is 17.9. The molecule has 0 spiro atoms. The molecule has 2 aromatic carbocycles. The summed E-state index contributed by atoms with van der Waals surface area (Å²) in [7, 11) is -4.85. The quantitative estimate of drug-likeness (QED) is 0.700. The molecule has 1 aliphatic rings. The van der Waals surface area contributed by atoms with Crippen molar-refractivity contribution >= 4 is 38.9 Å². The minimum atomic E-state index is -4.85. The number of sulfone groups is 1. The second kappa shape index (κ2) is 9.71. The molecule has 1 fully saturated rings. The third kappa shape index (κ3) is 5.57. The zero-order chi connectivity index (χ0) is 22.6. The van der Waals surface area contributed by atoms with E-state index in [4.69, 9.17) is 11.6 Å². The summed E-state index contributed by atoms with van der Waals surface area (Å²) in [4.78, 5) is 27.8. The van der Waals surface area contributed by atoms with E-state index >= 15 is 0 Å². The third-order valence-corrected chi connectivity index (χ3v) is 6.47. The smallest absolute Gasteiger partial charge is 0.336 e. The van der Waals surface area contributed by atoms with Gasteiger partial charge >= 0.3 is 5.76 Å². The van der Waals surface area contributed by atoms with E-state index < -0.39 is 26.4 Å². The van der Waals surface area contributed by atoms with Crippen molar-refractivity contribution in [2.24, 2.45) is 0 Å². The van der Waals surface area contributed by atoms with E-state index in [0.717, 1.165) is 6.07 Å². The fourth-order valence-corrected chi connectivity index (χ4v) is 4.30. The molecule has 0 aliphatic carbocycles. The van der Waals surface area contributed by atoms with Crippen LogP contribution < -0.4 is 5.32 Å². The van der Waals surface area contributed by atoms with Crippen molar-refractivity contribution in [2.45, 2.75) is 10.7 Å². The number of anilines is 1. The van der Waals surface area contributed by atoms with Crippen LogP contribution in [0.15, 0.2) is 53.4 Å². The number of carbonyl (C=O) groups is 2. The molecule has 1 saturated heterocycles. The number of para-hydroxylation sites is 1.